The molecule has 3 aromatic rings. The van der Waals surface area contributed by atoms with Gasteiger partial charge >= 0.3 is 0 Å². The molecule has 0 radical (unpaired) electrons. The van der Waals surface area contributed by atoms with Crippen molar-refractivity contribution in [2.45, 2.75) is 31.8 Å². The number of methoxy groups -OCH3 is 1. The summed E-state index contributed by atoms with van der Waals surface area (Å²) in [6.45, 7) is 0.631. The van der Waals surface area contributed by atoms with Crippen LogP contribution < -0.4 is 10.1 Å². The van der Waals surface area contributed by atoms with Crippen molar-refractivity contribution in [3.8, 4) is 5.75 Å². The molecule has 2 aromatic carbocycles. The molecule has 28 heavy (non-hydrogen) atoms. The molecule has 1 unspecified atom stereocenters. The molecule has 1 amide bonds. The van der Waals surface area contributed by atoms with E-state index in [0.29, 0.717) is 17.9 Å². The molecule has 1 aromatic heterocycles. The summed E-state index contributed by atoms with van der Waals surface area (Å²) < 4.78 is 7.22. The minimum absolute atomic E-state index is 0.0394. The van der Waals surface area contributed by atoms with Gasteiger partial charge in [-0.3, -0.25) is 9.48 Å². The predicted molar refractivity (Wildman–Crippen MR) is 109 cm³/mol. The third-order valence-corrected chi connectivity index (χ3v) is 5.55. The first-order valence-corrected chi connectivity index (χ1v) is 9.76. The fourth-order valence-electron chi connectivity index (χ4n) is 3.70. The van der Waals surface area contributed by atoms with Crippen LogP contribution in [-0.4, -0.2) is 22.8 Å². The molecule has 1 atom stereocenters. The van der Waals surface area contributed by atoms with Gasteiger partial charge in [-0.25, -0.2) is 0 Å². The maximum absolute atomic E-state index is 12.7. The molecule has 0 spiro atoms. The summed E-state index contributed by atoms with van der Waals surface area (Å²) in [6.07, 6.45) is 4.73. The van der Waals surface area contributed by atoms with E-state index in [2.05, 4.69) is 10.4 Å². The number of nitrogens with one attached hydrogen (secondary N) is 1. The Morgan fingerprint density at radius 3 is 2.96 bits per heavy atom. The monoisotopic (exact) mass is 395 g/mol. The number of carbonyl (C=O) groups excluding carboxylic acids is 1. The molecule has 0 aliphatic heterocycles. The number of rotatable bonds is 5. The third kappa shape index (κ3) is 3.76. The van der Waals surface area contributed by atoms with Gasteiger partial charge in [-0.05, 0) is 49.1 Å². The van der Waals surface area contributed by atoms with E-state index in [-0.39, 0.29) is 11.9 Å². The van der Waals surface area contributed by atoms with Crippen molar-refractivity contribution in [1.82, 2.24) is 15.1 Å². The molecule has 5 nitrogen and oxygen atoms in total. The number of hydrogen-bond acceptors (Lipinski definition) is 3. The summed E-state index contributed by atoms with van der Waals surface area (Å²) in [4.78, 5) is 12.7. The highest BCUT2D eigenvalue weighted by Gasteiger charge is 2.26. The Morgan fingerprint density at radius 1 is 1.29 bits per heavy atom. The van der Waals surface area contributed by atoms with Crippen LogP contribution in [0.15, 0.2) is 54.7 Å². The van der Waals surface area contributed by atoms with Crippen LogP contribution in [-0.2, 0) is 13.0 Å². The van der Waals surface area contributed by atoms with Gasteiger partial charge in [0, 0.05) is 21.8 Å². The van der Waals surface area contributed by atoms with Crippen molar-refractivity contribution in [3.05, 3.63) is 82.1 Å². The van der Waals surface area contributed by atoms with Gasteiger partial charge < -0.3 is 10.1 Å². The van der Waals surface area contributed by atoms with Crippen LogP contribution in [0.4, 0.5) is 0 Å². The van der Waals surface area contributed by atoms with Gasteiger partial charge in [0.05, 0.1) is 25.9 Å². The highest BCUT2D eigenvalue weighted by atomic mass is 35.5. The maximum Gasteiger partial charge on any atom is 0.251 e. The van der Waals surface area contributed by atoms with Gasteiger partial charge in [-0.15, -0.1) is 0 Å². The highest BCUT2D eigenvalue weighted by Crippen LogP contribution is 2.31. The van der Waals surface area contributed by atoms with Crippen LogP contribution in [0.3, 0.4) is 0 Å². The lowest BCUT2D eigenvalue weighted by Crippen LogP contribution is -2.31. The van der Waals surface area contributed by atoms with Crippen LogP contribution in [0.5, 0.6) is 5.75 Å². The topological polar surface area (TPSA) is 56.1 Å². The number of aromatic nitrogens is 2. The molecule has 0 bridgehead atoms. The highest BCUT2D eigenvalue weighted by molar-refractivity contribution is 6.31. The van der Waals surface area contributed by atoms with Crippen molar-refractivity contribution in [2.75, 3.05) is 7.11 Å². The smallest absolute Gasteiger partial charge is 0.251 e. The van der Waals surface area contributed by atoms with Crippen molar-refractivity contribution in [3.63, 3.8) is 0 Å². The molecule has 0 saturated heterocycles. The summed E-state index contributed by atoms with van der Waals surface area (Å²) in [5.41, 5.74) is 3.89. The molecule has 4 rings (SSSR count). The average Bonchev–Trinajstić information content (AvgIpc) is 3.13. The van der Waals surface area contributed by atoms with E-state index >= 15 is 0 Å². The first-order valence-electron chi connectivity index (χ1n) is 9.38. The summed E-state index contributed by atoms with van der Waals surface area (Å²) in [6, 6.07) is 15.0. The number of halogens is 1. The number of ether oxygens (including phenoxy) is 1. The van der Waals surface area contributed by atoms with Crippen LogP contribution in [0.25, 0.3) is 0 Å². The van der Waals surface area contributed by atoms with Gasteiger partial charge in [-0.2, -0.15) is 5.10 Å². The Balaban J connectivity index is 1.54. The van der Waals surface area contributed by atoms with Gasteiger partial charge in [0.15, 0.2) is 0 Å². The standard InChI is InChI=1S/C22H22ClN3O2/c1-28-17-8-4-7-15(12-17)22(27)25-20-10-5-11-21-18(20)13-24-26(21)14-16-6-2-3-9-19(16)23/h2-4,6-9,12-13,20H,5,10-11,14H2,1H3,(H,25,27). The van der Waals surface area contributed by atoms with Crippen LogP contribution >= 0.6 is 11.6 Å². The number of fused-ring (bicyclic) bond motifs is 1. The zero-order chi connectivity index (χ0) is 19.5. The minimum Gasteiger partial charge on any atom is -0.497 e. The fourth-order valence-corrected chi connectivity index (χ4v) is 3.89. The largest absolute Gasteiger partial charge is 0.497 e. The Hall–Kier alpha value is -2.79. The van der Waals surface area contributed by atoms with Crippen molar-refractivity contribution >= 4 is 17.5 Å². The Labute approximate surface area is 169 Å². The lowest BCUT2D eigenvalue weighted by atomic mass is 9.92. The molecule has 0 fully saturated rings. The first kappa shape index (κ1) is 18.6. The van der Waals surface area contributed by atoms with Crippen molar-refractivity contribution < 1.29 is 9.53 Å². The van der Waals surface area contributed by atoms with Crippen LogP contribution in [0, 0.1) is 0 Å². The second kappa shape index (κ2) is 8.07. The molecule has 144 valence electrons. The van der Waals surface area contributed by atoms with E-state index in [9.17, 15) is 4.79 Å². The number of benzene rings is 2. The summed E-state index contributed by atoms with van der Waals surface area (Å²) in [5.74, 6) is 0.570. The van der Waals surface area contributed by atoms with Gasteiger partial charge in [0.25, 0.3) is 5.91 Å². The summed E-state index contributed by atoms with van der Waals surface area (Å²) in [7, 11) is 1.60. The molecular formula is C22H22ClN3O2. The van der Waals surface area contributed by atoms with Crippen LogP contribution in [0.2, 0.25) is 5.02 Å². The molecule has 6 heteroatoms. The summed E-state index contributed by atoms with van der Waals surface area (Å²) >= 11 is 6.31. The molecule has 1 aliphatic carbocycles. The van der Waals surface area contributed by atoms with E-state index < -0.39 is 0 Å². The molecule has 0 saturated carbocycles. The second-order valence-electron chi connectivity index (χ2n) is 6.95. The Kier molecular flexibility index (Phi) is 5.35. The quantitative estimate of drug-likeness (QED) is 0.696. The predicted octanol–water partition coefficient (Wildman–Crippen LogP) is 4.40. The Morgan fingerprint density at radius 2 is 2.14 bits per heavy atom. The zero-order valence-electron chi connectivity index (χ0n) is 15.7. The SMILES string of the molecule is COc1cccc(C(=O)NC2CCCc3c2cnn3Cc2ccccc2Cl)c1. The molecule has 1 heterocycles. The summed E-state index contributed by atoms with van der Waals surface area (Å²) in [5, 5.41) is 8.48. The lowest BCUT2D eigenvalue weighted by molar-refractivity contribution is 0.0932. The normalized spacial score (nSPS) is 15.7. The van der Waals surface area contributed by atoms with Gasteiger partial charge in [-0.1, -0.05) is 35.9 Å². The van der Waals surface area contributed by atoms with E-state index in [4.69, 9.17) is 16.3 Å². The first-order chi connectivity index (χ1) is 13.7. The zero-order valence-corrected chi connectivity index (χ0v) is 16.4. The Bertz CT molecular complexity index is 999. The fraction of sp³-hybridized carbons (Fsp3) is 0.273. The maximum atomic E-state index is 12.7. The van der Waals surface area contributed by atoms with Gasteiger partial charge in [0.2, 0.25) is 0 Å². The molecule has 1 aliphatic rings. The number of nitrogens with zero attached hydrogens (tertiary/aromatic N) is 2. The number of hydrogen-bond donors (Lipinski definition) is 1. The molecule has 1 N–H and O–H groups in total. The van der Waals surface area contributed by atoms with Crippen LogP contribution in [0.1, 0.15) is 46.1 Å². The number of carbonyl (C=O) groups is 1. The average molecular weight is 396 g/mol. The van der Waals surface area contributed by atoms with E-state index in [0.717, 1.165) is 35.4 Å². The van der Waals surface area contributed by atoms with Gasteiger partial charge in [0.1, 0.15) is 5.75 Å². The van der Waals surface area contributed by atoms with E-state index in [1.165, 1.54) is 5.69 Å². The number of amides is 1. The lowest BCUT2D eigenvalue weighted by Gasteiger charge is -2.24. The molecular weight excluding hydrogens is 374 g/mol. The third-order valence-electron chi connectivity index (χ3n) is 5.18. The van der Waals surface area contributed by atoms with E-state index in [1.54, 1.807) is 19.2 Å². The second-order valence-corrected chi connectivity index (χ2v) is 7.35. The van der Waals surface area contributed by atoms with Crippen molar-refractivity contribution in [1.29, 1.82) is 0 Å². The minimum atomic E-state index is -0.101. The van der Waals surface area contributed by atoms with Crippen molar-refractivity contribution in [2.24, 2.45) is 0 Å². The van der Waals surface area contributed by atoms with E-state index in [1.807, 2.05) is 47.3 Å².